The Bertz CT molecular complexity index is 990. The van der Waals surface area contributed by atoms with Gasteiger partial charge in [0.25, 0.3) is 0 Å². The van der Waals surface area contributed by atoms with Crippen LogP contribution in [0, 0.1) is 5.41 Å². The molecule has 0 unspecified atom stereocenters. The van der Waals surface area contributed by atoms with Gasteiger partial charge in [0.1, 0.15) is 5.75 Å². The second-order valence-corrected chi connectivity index (χ2v) is 9.24. The third-order valence-electron chi connectivity index (χ3n) is 5.43. The highest BCUT2D eigenvalue weighted by Crippen LogP contribution is 2.54. The normalized spacial score (nSPS) is 18.2. The standard InChI is InChI=1S/C22H22O3S/c1-25-18-8-4-16(5-9-18)20-14-22(12-3-13-22)15-21(20)17-6-10-19(11-7-17)26(2,23)24/h4-11,14-15H,3,12-13H2,1-2H3. The minimum Gasteiger partial charge on any atom is -0.497 e. The molecule has 0 heterocycles. The Labute approximate surface area is 154 Å². The highest BCUT2D eigenvalue weighted by Gasteiger charge is 2.38. The maximum atomic E-state index is 11.7. The van der Waals surface area contributed by atoms with Crippen LogP contribution in [0.4, 0.5) is 0 Å². The van der Waals surface area contributed by atoms with Crippen molar-refractivity contribution in [1.29, 1.82) is 0 Å². The summed E-state index contributed by atoms with van der Waals surface area (Å²) >= 11 is 0. The van der Waals surface area contributed by atoms with Gasteiger partial charge in [-0.15, -0.1) is 0 Å². The fraction of sp³-hybridized carbons (Fsp3) is 0.273. The molecule has 1 saturated carbocycles. The van der Waals surface area contributed by atoms with Crippen LogP contribution in [0.25, 0.3) is 11.1 Å². The highest BCUT2D eigenvalue weighted by atomic mass is 32.2. The number of methoxy groups -OCH3 is 1. The van der Waals surface area contributed by atoms with Gasteiger partial charge in [-0.1, -0.05) is 42.8 Å². The Morgan fingerprint density at radius 3 is 1.73 bits per heavy atom. The Kier molecular flexibility index (Phi) is 4.03. The van der Waals surface area contributed by atoms with Crippen molar-refractivity contribution in [2.75, 3.05) is 13.4 Å². The van der Waals surface area contributed by atoms with Crippen LogP contribution in [0.3, 0.4) is 0 Å². The molecule has 4 rings (SSSR count). The zero-order chi connectivity index (χ0) is 18.4. The summed E-state index contributed by atoms with van der Waals surface area (Å²) < 4.78 is 28.7. The summed E-state index contributed by atoms with van der Waals surface area (Å²) in [5.74, 6) is 0.841. The van der Waals surface area contributed by atoms with Crippen LogP contribution < -0.4 is 4.74 Å². The maximum absolute atomic E-state index is 11.7. The molecule has 134 valence electrons. The molecule has 4 heteroatoms. The lowest BCUT2D eigenvalue weighted by Crippen LogP contribution is -2.22. The SMILES string of the molecule is COc1ccc(C2=CC3(C=C2c2ccc(S(C)(=O)=O)cc2)CCC3)cc1. The number of allylic oxidation sites excluding steroid dienone is 4. The second-order valence-electron chi connectivity index (χ2n) is 7.23. The van der Waals surface area contributed by atoms with Gasteiger partial charge in [-0.25, -0.2) is 8.42 Å². The molecule has 0 atom stereocenters. The summed E-state index contributed by atoms with van der Waals surface area (Å²) in [6.07, 6.45) is 9.60. The first kappa shape index (κ1) is 17.1. The third kappa shape index (κ3) is 2.99. The average molecular weight is 366 g/mol. The predicted molar refractivity (Wildman–Crippen MR) is 105 cm³/mol. The molecular weight excluding hydrogens is 344 g/mol. The summed E-state index contributed by atoms with van der Waals surface area (Å²) in [6.45, 7) is 0. The number of hydrogen-bond acceptors (Lipinski definition) is 3. The molecule has 0 amide bonds. The number of hydrogen-bond donors (Lipinski definition) is 0. The molecule has 0 radical (unpaired) electrons. The summed E-state index contributed by atoms with van der Waals surface area (Å²) in [6, 6.07) is 15.3. The molecule has 0 N–H and O–H groups in total. The highest BCUT2D eigenvalue weighted by molar-refractivity contribution is 7.90. The van der Waals surface area contributed by atoms with Crippen molar-refractivity contribution < 1.29 is 13.2 Å². The number of sulfone groups is 1. The zero-order valence-corrected chi connectivity index (χ0v) is 15.8. The lowest BCUT2D eigenvalue weighted by atomic mass is 9.70. The van der Waals surface area contributed by atoms with Crippen molar-refractivity contribution in [2.45, 2.75) is 24.2 Å². The Balaban J connectivity index is 1.75. The van der Waals surface area contributed by atoms with Crippen LogP contribution in [-0.4, -0.2) is 21.8 Å². The lowest BCUT2D eigenvalue weighted by molar-refractivity contribution is 0.282. The number of ether oxygens (including phenoxy) is 1. The Morgan fingerprint density at radius 1 is 0.846 bits per heavy atom. The molecular formula is C22H22O3S. The summed E-state index contributed by atoms with van der Waals surface area (Å²) in [4.78, 5) is 0.355. The van der Waals surface area contributed by atoms with Gasteiger partial charge in [0.05, 0.1) is 12.0 Å². The largest absolute Gasteiger partial charge is 0.497 e. The topological polar surface area (TPSA) is 43.4 Å². The smallest absolute Gasteiger partial charge is 0.175 e. The van der Waals surface area contributed by atoms with Crippen LogP contribution in [-0.2, 0) is 9.84 Å². The Hall–Kier alpha value is -2.33. The van der Waals surface area contributed by atoms with E-state index in [1.807, 2.05) is 24.3 Å². The van der Waals surface area contributed by atoms with Gasteiger partial charge in [0.2, 0.25) is 0 Å². The second kappa shape index (κ2) is 6.13. The predicted octanol–water partition coefficient (Wildman–Crippen LogP) is 4.75. The summed E-state index contributed by atoms with van der Waals surface area (Å²) in [7, 11) is -1.51. The first-order valence-corrected chi connectivity index (χ1v) is 10.7. The number of rotatable bonds is 4. The number of benzene rings is 2. The van der Waals surface area contributed by atoms with Crippen LogP contribution in [0.2, 0.25) is 0 Å². The molecule has 26 heavy (non-hydrogen) atoms. The first-order chi connectivity index (χ1) is 12.4. The lowest BCUT2D eigenvalue weighted by Gasteiger charge is -2.34. The van der Waals surface area contributed by atoms with Gasteiger partial charge in [-0.05, 0) is 59.4 Å². The summed E-state index contributed by atoms with van der Waals surface area (Å²) in [5.41, 5.74) is 4.80. The molecule has 2 aliphatic rings. The van der Waals surface area contributed by atoms with Crippen molar-refractivity contribution in [3.05, 3.63) is 71.8 Å². The van der Waals surface area contributed by atoms with E-state index in [-0.39, 0.29) is 5.41 Å². The van der Waals surface area contributed by atoms with Crippen LogP contribution in [0.5, 0.6) is 5.75 Å². The fourth-order valence-corrected chi connectivity index (χ4v) is 4.41. The van der Waals surface area contributed by atoms with Gasteiger partial charge in [0, 0.05) is 11.7 Å². The third-order valence-corrected chi connectivity index (χ3v) is 6.56. The van der Waals surface area contributed by atoms with Gasteiger partial charge in [-0.2, -0.15) is 0 Å². The van der Waals surface area contributed by atoms with Crippen molar-refractivity contribution >= 4 is 21.0 Å². The molecule has 0 aromatic heterocycles. The maximum Gasteiger partial charge on any atom is 0.175 e. The van der Waals surface area contributed by atoms with Crippen molar-refractivity contribution in [1.82, 2.24) is 0 Å². The van der Waals surface area contributed by atoms with Gasteiger partial charge < -0.3 is 4.74 Å². The van der Waals surface area contributed by atoms with E-state index < -0.39 is 9.84 Å². The van der Waals surface area contributed by atoms with E-state index in [4.69, 9.17) is 4.74 Å². The van der Waals surface area contributed by atoms with E-state index in [0.717, 1.165) is 16.9 Å². The monoisotopic (exact) mass is 366 g/mol. The van der Waals surface area contributed by atoms with Gasteiger partial charge >= 0.3 is 0 Å². The van der Waals surface area contributed by atoms with E-state index >= 15 is 0 Å². The molecule has 0 aliphatic heterocycles. The molecule has 2 aliphatic carbocycles. The average Bonchev–Trinajstić information content (AvgIpc) is 3.03. The minimum absolute atomic E-state index is 0.167. The van der Waals surface area contributed by atoms with Gasteiger partial charge in [0.15, 0.2) is 9.84 Å². The molecule has 0 bridgehead atoms. The minimum atomic E-state index is -3.18. The molecule has 0 saturated heterocycles. The van der Waals surface area contributed by atoms with E-state index in [9.17, 15) is 8.42 Å². The van der Waals surface area contributed by atoms with Crippen LogP contribution in [0.1, 0.15) is 30.4 Å². The molecule has 2 aromatic rings. The molecule has 1 spiro atoms. The Morgan fingerprint density at radius 2 is 1.35 bits per heavy atom. The zero-order valence-electron chi connectivity index (χ0n) is 15.0. The van der Waals surface area contributed by atoms with Crippen LogP contribution in [0.15, 0.2) is 65.6 Å². The van der Waals surface area contributed by atoms with Gasteiger partial charge in [-0.3, -0.25) is 0 Å². The summed E-state index contributed by atoms with van der Waals surface area (Å²) in [5, 5.41) is 0. The van der Waals surface area contributed by atoms with Crippen molar-refractivity contribution in [3.63, 3.8) is 0 Å². The molecule has 3 nitrogen and oxygen atoms in total. The first-order valence-electron chi connectivity index (χ1n) is 8.81. The van der Waals surface area contributed by atoms with E-state index in [2.05, 4.69) is 24.3 Å². The molecule has 1 fully saturated rings. The van der Waals surface area contributed by atoms with Crippen molar-refractivity contribution in [3.8, 4) is 5.75 Å². The fourth-order valence-electron chi connectivity index (χ4n) is 3.78. The van der Waals surface area contributed by atoms with E-state index in [1.54, 1.807) is 19.2 Å². The molecule has 2 aromatic carbocycles. The quantitative estimate of drug-likeness (QED) is 0.784. The van der Waals surface area contributed by atoms with E-state index in [1.165, 1.54) is 36.7 Å². The van der Waals surface area contributed by atoms with Crippen LogP contribution >= 0.6 is 0 Å². The van der Waals surface area contributed by atoms with E-state index in [0.29, 0.717) is 4.90 Å². The van der Waals surface area contributed by atoms with Crippen molar-refractivity contribution in [2.24, 2.45) is 5.41 Å².